The largest absolute Gasteiger partial charge is 0.504 e. The highest BCUT2D eigenvalue weighted by atomic mass is 16.5. The Hall–Kier alpha value is -1.55. The number of benzene rings is 1. The molecule has 0 heterocycles. The predicted molar refractivity (Wildman–Crippen MR) is 59.9 cm³/mol. The number of aromatic hydroxyl groups is 1. The minimum Gasteiger partial charge on any atom is -0.504 e. The Balaban J connectivity index is 2.63. The van der Waals surface area contributed by atoms with Gasteiger partial charge in [-0.15, -0.1) is 0 Å². The lowest BCUT2D eigenvalue weighted by molar-refractivity contribution is -0.122. The maximum Gasteiger partial charge on any atom is 0.162 e. The van der Waals surface area contributed by atoms with E-state index in [0.717, 1.165) is 5.56 Å². The molecule has 0 amide bonds. The van der Waals surface area contributed by atoms with E-state index in [9.17, 15) is 9.90 Å². The summed E-state index contributed by atoms with van der Waals surface area (Å²) < 4.78 is 9.97. The van der Waals surface area contributed by atoms with Crippen molar-refractivity contribution in [3.8, 4) is 11.5 Å². The second kappa shape index (κ2) is 6.12. The van der Waals surface area contributed by atoms with E-state index in [1.807, 2.05) is 6.92 Å². The van der Waals surface area contributed by atoms with Crippen LogP contribution in [0, 0.1) is 0 Å². The van der Waals surface area contributed by atoms with Crippen molar-refractivity contribution >= 4 is 5.78 Å². The molecule has 0 aliphatic carbocycles. The molecule has 0 aliphatic heterocycles. The molecular weight excluding hydrogens is 208 g/mol. The average molecular weight is 224 g/mol. The van der Waals surface area contributed by atoms with E-state index < -0.39 is 0 Å². The first-order chi connectivity index (χ1) is 7.67. The van der Waals surface area contributed by atoms with Gasteiger partial charge in [-0.1, -0.05) is 6.07 Å². The summed E-state index contributed by atoms with van der Waals surface area (Å²) in [4.78, 5) is 11.4. The van der Waals surface area contributed by atoms with E-state index in [-0.39, 0.29) is 24.6 Å². The van der Waals surface area contributed by atoms with Crippen molar-refractivity contribution in [1.29, 1.82) is 0 Å². The average Bonchev–Trinajstić information content (AvgIpc) is 2.29. The summed E-state index contributed by atoms with van der Waals surface area (Å²) in [5.74, 6) is 0.458. The number of carbonyl (C=O) groups is 1. The minimum atomic E-state index is 0.00888. The van der Waals surface area contributed by atoms with Gasteiger partial charge in [-0.05, 0) is 24.6 Å². The fourth-order valence-electron chi connectivity index (χ4n) is 1.33. The van der Waals surface area contributed by atoms with Gasteiger partial charge in [-0.3, -0.25) is 4.79 Å². The van der Waals surface area contributed by atoms with Crippen molar-refractivity contribution < 1.29 is 19.4 Å². The lowest BCUT2D eigenvalue weighted by Gasteiger charge is -2.06. The Morgan fingerprint density at radius 1 is 1.44 bits per heavy atom. The van der Waals surface area contributed by atoms with E-state index in [4.69, 9.17) is 9.47 Å². The van der Waals surface area contributed by atoms with Crippen LogP contribution in [0.15, 0.2) is 18.2 Å². The zero-order chi connectivity index (χ0) is 12.0. The first-order valence-corrected chi connectivity index (χ1v) is 5.12. The number of methoxy groups -OCH3 is 1. The highest BCUT2D eigenvalue weighted by molar-refractivity contribution is 5.82. The fourth-order valence-corrected chi connectivity index (χ4v) is 1.33. The summed E-state index contributed by atoms with van der Waals surface area (Å²) >= 11 is 0. The number of hydrogen-bond acceptors (Lipinski definition) is 4. The Labute approximate surface area is 94.8 Å². The summed E-state index contributed by atoms with van der Waals surface area (Å²) in [6.07, 6.45) is 0.288. The second-order valence-corrected chi connectivity index (χ2v) is 3.36. The van der Waals surface area contributed by atoms with Crippen molar-refractivity contribution in [3.05, 3.63) is 23.8 Å². The van der Waals surface area contributed by atoms with Crippen LogP contribution in [0.1, 0.15) is 12.5 Å². The van der Waals surface area contributed by atoms with E-state index in [2.05, 4.69) is 0 Å². The number of rotatable bonds is 6. The third-order valence-corrected chi connectivity index (χ3v) is 2.11. The number of phenolic OH excluding ortho intramolecular Hbond substituents is 1. The van der Waals surface area contributed by atoms with Crippen LogP contribution >= 0.6 is 0 Å². The van der Waals surface area contributed by atoms with Gasteiger partial charge in [0.15, 0.2) is 17.3 Å². The molecule has 1 aromatic rings. The number of Topliss-reactive ketones (excluding diaryl/α,β-unsaturated/α-hetero) is 1. The SMILES string of the molecule is CCOCC(=O)Cc1ccc(O)c(OC)c1. The van der Waals surface area contributed by atoms with Gasteiger partial charge in [0.05, 0.1) is 7.11 Å². The third kappa shape index (κ3) is 3.55. The zero-order valence-electron chi connectivity index (χ0n) is 9.53. The predicted octanol–water partition coefficient (Wildman–Crippen LogP) is 1.55. The molecule has 1 rings (SSSR count). The molecule has 0 bridgehead atoms. The topological polar surface area (TPSA) is 55.8 Å². The summed E-state index contributed by atoms with van der Waals surface area (Å²) in [6, 6.07) is 4.86. The molecule has 4 heteroatoms. The standard InChI is InChI=1S/C12H16O4/c1-3-16-8-10(13)6-9-4-5-11(14)12(7-9)15-2/h4-5,7,14H,3,6,8H2,1-2H3. The molecule has 0 saturated heterocycles. The quantitative estimate of drug-likeness (QED) is 0.796. The van der Waals surface area contributed by atoms with Crippen LogP contribution in [-0.2, 0) is 16.0 Å². The van der Waals surface area contributed by atoms with Crippen molar-refractivity contribution in [1.82, 2.24) is 0 Å². The monoisotopic (exact) mass is 224 g/mol. The molecule has 0 unspecified atom stereocenters. The molecule has 1 aromatic carbocycles. The number of carbonyl (C=O) groups excluding carboxylic acids is 1. The molecule has 0 saturated carbocycles. The number of ether oxygens (including phenoxy) is 2. The lowest BCUT2D eigenvalue weighted by Crippen LogP contribution is -2.11. The molecule has 1 N–H and O–H groups in total. The van der Waals surface area contributed by atoms with E-state index in [1.165, 1.54) is 13.2 Å². The van der Waals surface area contributed by atoms with Crippen molar-refractivity contribution in [3.63, 3.8) is 0 Å². The Kier molecular flexibility index (Phi) is 4.79. The van der Waals surface area contributed by atoms with Crippen LogP contribution in [0.4, 0.5) is 0 Å². The van der Waals surface area contributed by atoms with Gasteiger partial charge >= 0.3 is 0 Å². The van der Waals surface area contributed by atoms with Gasteiger partial charge in [0.2, 0.25) is 0 Å². The lowest BCUT2D eigenvalue weighted by atomic mass is 10.1. The second-order valence-electron chi connectivity index (χ2n) is 3.36. The van der Waals surface area contributed by atoms with Gasteiger partial charge in [0.25, 0.3) is 0 Å². The molecular formula is C12H16O4. The van der Waals surface area contributed by atoms with Crippen LogP contribution in [-0.4, -0.2) is 31.2 Å². The highest BCUT2D eigenvalue weighted by Gasteiger charge is 2.07. The highest BCUT2D eigenvalue weighted by Crippen LogP contribution is 2.26. The first-order valence-electron chi connectivity index (χ1n) is 5.12. The molecule has 0 fully saturated rings. The van der Waals surface area contributed by atoms with Gasteiger partial charge in [0.1, 0.15) is 6.61 Å². The van der Waals surface area contributed by atoms with Gasteiger partial charge in [-0.2, -0.15) is 0 Å². The van der Waals surface area contributed by atoms with Crippen LogP contribution in [0.3, 0.4) is 0 Å². The third-order valence-electron chi connectivity index (χ3n) is 2.11. The van der Waals surface area contributed by atoms with Gasteiger partial charge in [0, 0.05) is 13.0 Å². The number of phenols is 1. The molecule has 0 atom stereocenters. The molecule has 16 heavy (non-hydrogen) atoms. The Morgan fingerprint density at radius 2 is 2.19 bits per heavy atom. The van der Waals surface area contributed by atoms with E-state index in [0.29, 0.717) is 12.4 Å². The first kappa shape index (κ1) is 12.5. The van der Waals surface area contributed by atoms with Crippen LogP contribution < -0.4 is 4.74 Å². The molecule has 0 aliphatic rings. The smallest absolute Gasteiger partial charge is 0.162 e. The molecule has 88 valence electrons. The normalized spacial score (nSPS) is 10.1. The van der Waals surface area contributed by atoms with Gasteiger partial charge < -0.3 is 14.6 Å². The minimum absolute atomic E-state index is 0.00888. The molecule has 0 radical (unpaired) electrons. The van der Waals surface area contributed by atoms with E-state index in [1.54, 1.807) is 12.1 Å². The van der Waals surface area contributed by atoms with Crippen LogP contribution in [0.2, 0.25) is 0 Å². The Morgan fingerprint density at radius 3 is 2.81 bits per heavy atom. The number of ketones is 1. The molecule has 4 nitrogen and oxygen atoms in total. The van der Waals surface area contributed by atoms with E-state index >= 15 is 0 Å². The summed E-state index contributed by atoms with van der Waals surface area (Å²) in [6.45, 7) is 2.50. The maximum atomic E-state index is 11.4. The molecule has 0 spiro atoms. The Bertz CT molecular complexity index is 360. The van der Waals surface area contributed by atoms with Crippen molar-refractivity contribution in [2.45, 2.75) is 13.3 Å². The van der Waals surface area contributed by atoms with Crippen LogP contribution in [0.5, 0.6) is 11.5 Å². The zero-order valence-corrected chi connectivity index (χ0v) is 9.53. The summed E-state index contributed by atoms with van der Waals surface area (Å²) in [5, 5.41) is 9.38. The maximum absolute atomic E-state index is 11.4. The summed E-state index contributed by atoms with van der Waals surface area (Å²) in [5.41, 5.74) is 0.805. The van der Waals surface area contributed by atoms with Crippen molar-refractivity contribution in [2.24, 2.45) is 0 Å². The fraction of sp³-hybridized carbons (Fsp3) is 0.417. The van der Waals surface area contributed by atoms with Crippen LogP contribution in [0.25, 0.3) is 0 Å². The van der Waals surface area contributed by atoms with Crippen molar-refractivity contribution in [2.75, 3.05) is 20.3 Å². The molecule has 0 aromatic heterocycles. The summed E-state index contributed by atoms with van der Waals surface area (Å²) in [7, 11) is 1.47. The van der Waals surface area contributed by atoms with Gasteiger partial charge in [-0.25, -0.2) is 0 Å². The number of hydrogen-bond donors (Lipinski definition) is 1.